The van der Waals surface area contributed by atoms with Crippen LogP contribution in [0.25, 0.3) is 0 Å². The van der Waals surface area contributed by atoms with E-state index < -0.39 is 0 Å². The van der Waals surface area contributed by atoms with E-state index in [1.165, 1.54) is 93.6 Å². The van der Waals surface area contributed by atoms with Gasteiger partial charge in [-0.2, -0.15) is 0 Å². The third kappa shape index (κ3) is 14.2. The number of hydrogen-bond donors (Lipinski definition) is 1. The first-order chi connectivity index (χ1) is 7.91. The summed E-state index contributed by atoms with van der Waals surface area (Å²) in [5, 5.41) is 3.44. The van der Waals surface area contributed by atoms with Gasteiger partial charge in [-0.25, -0.2) is 0 Å². The Morgan fingerprint density at radius 3 is 1.56 bits per heavy atom. The van der Waals surface area contributed by atoms with Crippen molar-refractivity contribution >= 4 is 10.2 Å². The lowest BCUT2D eigenvalue weighted by Gasteiger charge is -2.03. The van der Waals surface area contributed by atoms with Gasteiger partial charge in [0.1, 0.15) is 0 Å². The van der Waals surface area contributed by atoms with Crippen molar-refractivity contribution in [3.63, 3.8) is 0 Å². The van der Waals surface area contributed by atoms with Crippen LogP contribution in [0.15, 0.2) is 0 Å². The summed E-state index contributed by atoms with van der Waals surface area (Å²) in [5.74, 6) is 0. The Labute approximate surface area is 106 Å². The predicted octanol–water partition coefficient (Wildman–Crippen LogP) is 3.21. The second kappa shape index (κ2) is 15.2. The Bertz CT molecular complexity index is 103. The zero-order valence-corrected chi connectivity index (χ0v) is 13.7. The highest BCUT2D eigenvalue weighted by atomic mass is 28.1. The van der Waals surface area contributed by atoms with Crippen molar-refractivity contribution < 1.29 is 0 Å². The lowest BCUT2D eigenvalue weighted by atomic mass is 10.1. The van der Waals surface area contributed by atoms with Crippen molar-refractivity contribution in [2.75, 3.05) is 12.7 Å². The van der Waals surface area contributed by atoms with Crippen LogP contribution < -0.4 is 5.32 Å². The monoisotopic (exact) mass is 243 g/mol. The Hall–Kier alpha value is 0.177. The van der Waals surface area contributed by atoms with Gasteiger partial charge in [0.25, 0.3) is 0 Å². The molecule has 0 spiro atoms. The molecule has 1 N–H and O–H groups in total. The van der Waals surface area contributed by atoms with Crippen LogP contribution in [-0.2, 0) is 0 Å². The summed E-state index contributed by atoms with van der Waals surface area (Å²) in [6.45, 7) is 3.54. The normalized spacial score (nSPS) is 11.1. The van der Waals surface area contributed by atoms with Gasteiger partial charge in [-0.1, -0.05) is 71.1 Å². The van der Waals surface area contributed by atoms with Crippen LogP contribution in [0.4, 0.5) is 0 Å². The Balaban J connectivity index is 2.83. The van der Waals surface area contributed by atoms with Crippen LogP contribution in [0, 0.1) is 0 Å². The highest BCUT2D eigenvalue weighted by Crippen LogP contribution is 2.10. The predicted molar refractivity (Wildman–Crippen MR) is 79.3 cm³/mol. The lowest BCUT2D eigenvalue weighted by Crippen LogP contribution is -2.16. The molecule has 0 saturated heterocycles. The van der Waals surface area contributed by atoms with Crippen molar-refractivity contribution in [3.05, 3.63) is 0 Å². The lowest BCUT2D eigenvalue weighted by molar-refractivity contribution is 0.544. The van der Waals surface area contributed by atoms with E-state index in [1.54, 1.807) is 0 Å². The standard InChI is InChI=1S/C14H33NSi/c1-2-3-4-5-6-7-8-9-10-11-12-13-15-14-16/h15H,2-14H2,1,16H3. The maximum atomic E-state index is 3.44. The molecular formula is C14H33NSi. The van der Waals surface area contributed by atoms with Gasteiger partial charge in [0, 0.05) is 10.2 Å². The molecule has 0 radical (unpaired) electrons. The quantitative estimate of drug-likeness (QED) is 0.387. The molecule has 0 aromatic carbocycles. The van der Waals surface area contributed by atoms with E-state index in [9.17, 15) is 0 Å². The molecule has 0 rings (SSSR count). The average molecular weight is 244 g/mol. The first-order valence-corrected chi connectivity index (χ1v) is 9.04. The minimum atomic E-state index is 1.25. The number of hydrogen-bond acceptors (Lipinski definition) is 1. The van der Waals surface area contributed by atoms with Crippen LogP contribution in [0.2, 0.25) is 0 Å². The molecule has 0 aromatic rings. The second-order valence-corrected chi connectivity index (χ2v) is 5.60. The van der Waals surface area contributed by atoms with Gasteiger partial charge in [-0.05, 0) is 19.1 Å². The average Bonchev–Trinajstić information content (AvgIpc) is 2.31. The second-order valence-electron chi connectivity index (χ2n) is 4.89. The molecule has 0 aliphatic heterocycles. The molecule has 0 unspecified atom stereocenters. The fourth-order valence-corrected chi connectivity index (χ4v) is 2.44. The van der Waals surface area contributed by atoms with Gasteiger partial charge in [0.2, 0.25) is 0 Å². The minimum Gasteiger partial charge on any atom is -0.320 e. The summed E-state index contributed by atoms with van der Waals surface area (Å²) in [6.07, 6.45) is 17.2. The zero-order chi connectivity index (χ0) is 11.9. The molecule has 1 nitrogen and oxygen atoms in total. The van der Waals surface area contributed by atoms with E-state index in [2.05, 4.69) is 12.2 Å². The van der Waals surface area contributed by atoms with Crippen LogP contribution in [0.3, 0.4) is 0 Å². The summed E-state index contributed by atoms with van der Waals surface area (Å²) in [5.41, 5.74) is 0. The Kier molecular flexibility index (Phi) is 15.3. The van der Waals surface area contributed by atoms with E-state index in [0.29, 0.717) is 0 Å². The van der Waals surface area contributed by atoms with Crippen LogP contribution in [-0.4, -0.2) is 23.0 Å². The van der Waals surface area contributed by atoms with Crippen molar-refractivity contribution in [3.8, 4) is 0 Å². The van der Waals surface area contributed by atoms with Gasteiger partial charge in [0.15, 0.2) is 0 Å². The fourth-order valence-electron chi connectivity index (χ4n) is 2.09. The molecule has 16 heavy (non-hydrogen) atoms. The van der Waals surface area contributed by atoms with E-state index in [4.69, 9.17) is 0 Å². The van der Waals surface area contributed by atoms with Gasteiger partial charge in [-0.15, -0.1) is 0 Å². The largest absolute Gasteiger partial charge is 0.320 e. The third-order valence-corrected chi connectivity index (χ3v) is 3.71. The molecule has 0 bridgehead atoms. The first kappa shape index (κ1) is 16.2. The summed E-state index contributed by atoms with van der Waals surface area (Å²) in [7, 11) is 1.30. The van der Waals surface area contributed by atoms with E-state index in [-0.39, 0.29) is 0 Å². The molecular weight excluding hydrogens is 210 g/mol. The number of unbranched alkanes of at least 4 members (excludes halogenated alkanes) is 10. The summed E-state index contributed by atoms with van der Waals surface area (Å²) in [4.78, 5) is 0. The van der Waals surface area contributed by atoms with Crippen molar-refractivity contribution in [1.29, 1.82) is 0 Å². The summed E-state index contributed by atoms with van der Waals surface area (Å²) >= 11 is 0. The third-order valence-electron chi connectivity index (χ3n) is 3.21. The molecule has 0 aliphatic rings. The smallest absolute Gasteiger partial charge is 0.0201 e. The molecule has 0 heterocycles. The van der Waals surface area contributed by atoms with Gasteiger partial charge >= 0.3 is 0 Å². The molecule has 2 heteroatoms. The molecule has 0 atom stereocenters. The van der Waals surface area contributed by atoms with Gasteiger partial charge in [0.05, 0.1) is 0 Å². The van der Waals surface area contributed by atoms with Crippen LogP contribution in [0.5, 0.6) is 0 Å². The molecule has 0 amide bonds. The van der Waals surface area contributed by atoms with E-state index >= 15 is 0 Å². The number of nitrogens with one attached hydrogen (secondary N) is 1. The molecule has 0 aliphatic carbocycles. The van der Waals surface area contributed by atoms with Crippen LogP contribution >= 0.6 is 0 Å². The van der Waals surface area contributed by atoms with Gasteiger partial charge in [-0.3, -0.25) is 0 Å². The summed E-state index contributed by atoms with van der Waals surface area (Å²) < 4.78 is 0. The van der Waals surface area contributed by atoms with Crippen molar-refractivity contribution in [2.24, 2.45) is 0 Å². The van der Waals surface area contributed by atoms with Gasteiger partial charge < -0.3 is 5.32 Å². The fraction of sp³-hybridized carbons (Fsp3) is 1.00. The number of rotatable bonds is 13. The molecule has 0 aromatic heterocycles. The van der Waals surface area contributed by atoms with Crippen molar-refractivity contribution in [1.82, 2.24) is 5.32 Å². The van der Waals surface area contributed by atoms with E-state index in [0.717, 1.165) is 0 Å². The molecule has 0 saturated carbocycles. The maximum absolute atomic E-state index is 3.44. The Morgan fingerprint density at radius 2 is 1.12 bits per heavy atom. The Morgan fingerprint density at radius 1 is 0.688 bits per heavy atom. The SMILES string of the molecule is CCCCCCCCCCCCCNC[SiH3]. The highest BCUT2D eigenvalue weighted by Gasteiger charge is 1.92. The van der Waals surface area contributed by atoms with Crippen LogP contribution in [0.1, 0.15) is 77.6 Å². The highest BCUT2D eigenvalue weighted by molar-refractivity contribution is 6.08. The molecule has 98 valence electrons. The molecule has 0 fully saturated rings. The summed E-state index contributed by atoms with van der Waals surface area (Å²) in [6, 6.07) is 0. The minimum absolute atomic E-state index is 1.25. The first-order valence-electron chi connectivity index (χ1n) is 7.62. The topological polar surface area (TPSA) is 12.0 Å². The van der Waals surface area contributed by atoms with E-state index in [1.807, 2.05) is 0 Å². The zero-order valence-electron chi connectivity index (χ0n) is 11.7. The maximum Gasteiger partial charge on any atom is 0.0201 e. The van der Waals surface area contributed by atoms with Crippen molar-refractivity contribution in [2.45, 2.75) is 77.6 Å².